The molecule has 7 nitrogen and oxygen atoms in total. The van der Waals surface area contributed by atoms with Crippen molar-refractivity contribution >= 4 is 17.2 Å². The molecule has 0 radical (unpaired) electrons. The van der Waals surface area contributed by atoms with Gasteiger partial charge in [-0.15, -0.1) is 21.5 Å². The van der Waals surface area contributed by atoms with Crippen LogP contribution in [-0.2, 0) is 0 Å². The van der Waals surface area contributed by atoms with Crippen molar-refractivity contribution in [3.63, 3.8) is 0 Å². The Hall–Kier alpha value is -1.83. The molecule has 0 aromatic carbocycles. The summed E-state index contributed by atoms with van der Waals surface area (Å²) in [5.74, 6) is -0.313. The molecule has 0 aliphatic carbocycles. The Kier molecular flexibility index (Phi) is 3.14. The van der Waals surface area contributed by atoms with Gasteiger partial charge in [0.2, 0.25) is 0 Å². The van der Waals surface area contributed by atoms with E-state index in [0.29, 0.717) is 0 Å². The predicted molar refractivity (Wildman–Crippen MR) is 61.6 cm³/mol. The summed E-state index contributed by atoms with van der Waals surface area (Å²) < 4.78 is 0. The number of amides is 1. The molecule has 0 saturated carbocycles. The molecule has 17 heavy (non-hydrogen) atoms. The zero-order chi connectivity index (χ0) is 12.4. The summed E-state index contributed by atoms with van der Waals surface area (Å²) in [6.45, 7) is 5.77. The Morgan fingerprint density at radius 2 is 2.24 bits per heavy atom. The molecule has 2 aromatic heterocycles. The van der Waals surface area contributed by atoms with Gasteiger partial charge < -0.3 is 5.32 Å². The Balaban J connectivity index is 2.09. The van der Waals surface area contributed by atoms with E-state index in [-0.39, 0.29) is 17.8 Å². The van der Waals surface area contributed by atoms with E-state index in [1.807, 2.05) is 20.8 Å². The van der Waals surface area contributed by atoms with Crippen molar-refractivity contribution in [2.75, 3.05) is 0 Å². The standard InChI is InChI=1S/C9H12N6OS/c1-4-7(17-6(3)10-4)5(2)11-9(16)8-12-14-15-13-8/h5H,1-3H3,(H,11,16)(H,12,13,14,15). The number of aromatic amines is 1. The van der Waals surface area contributed by atoms with Gasteiger partial charge in [0.25, 0.3) is 11.7 Å². The summed E-state index contributed by atoms with van der Waals surface area (Å²) in [4.78, 5) is 17.1. The van der Waals surface area contributed by atoms with E-state index in [1.165, 1.54) is 0 Å². The van der Waals surface area contributed by atoms with Crippen LogP contribution in [0.25, 0.3) is 0 Å². The molecule has 90 valence electrons. The van der Waals surface area contributed by atoms with E-state index in [9.17, 15) is 4.79 Å². The molecule has 1 amide bonds. The fraction of sp³-hybridized carbons (Fsp3) is 0.444. The second kappa shape index (κ2) is 4.58. The molecule has 2 heterocycles. The van der Waals surface area contributed by atoms with E-state index in [2.05, 4.69) is 30.9 Å². The number of thiazole rings is 1. The molecule has 0 fully saturated rings. The number of tetrazole rings is 1. The van der Waals surface area contributed by atoms with Gasteiger partial charge in [0.05, 0.1) is 16.7 Å². The quantitative estimate of drug-likeness (QED) is 0.840. The molecule has 0 spiro atoms. The number of nitrogens with one attached hydrogen (secondary N) is 2. The summed E-state index contributed by atoms with van der Waals surface area (Å²) in [5, 5.41) is 16.6. The van der Waals surface area contributed by atoms with E-state index in [0.717, 1.165) is 15.6 Å². The lowest BCUT2D eigenvalue weighted by atomic mass is 10.2. The fourth-order valence-corrected chi connectivity index (χ4v) is 2.46. The largest absolute Gasteiger partial charge is 0.342 e. The predicted octanol–water partition coefficient (Wildman–Crippen LogP) is 0.764. The Labute approximate surface area is 102 Å². The van der Waals surface area contributed by atoms with E-state index in [4.69, 9.17) is 0 Å². The first-order valence-electron chi connectivity index (χ1n) is 5.06. The Bertz CT molecular complexity index is 520. The topological polar surface area (TPSA) is 96.5 Å². The summed E-state index contributed by atoms with van der Waals surface area (Å²) in [6.07, 6.45) is 0. The van der Waals surface area contributed by atoms with Crippen molar-refractivity contribution in [2.45, 2.75) is 26.8 Å². The van der Waals surface area contributed by atoms with Gasteiger partial charge in [-0.1, -0.05) is 0 Å². The molecule has 0 aliphatic rings. The number of nitrogens with zero attached hydrogens (tertiary/aromatic N) is 4. The number of carbonyl (C=O) groups is 1. The van der Waals surface area contributed by atoms with Crippen molar-refractivity contribution < 1.29 is 4.79 Å². The summed E-state index contributed by atoms with van der Waals surface area (Å²) >= 11 is 1.57. The molecular formula is C9H12N6OS. The fourth-order valence-electron chi connectivity index (χ4n) is 1.53. The second-order valence-corrected chi connectivity index (χ2v) is 4.85. The van der Waals surface area contributed by atoms with Crippen molar-refractivity contribution in [3.05, 3.63) is 21.4 Å². The minimum Gasteiger partial charge on any atom is -0.342 e. The third-order valence-electron chi connectivity index (χ3n) is 2.23. The Morgan fingerprint density at radius 3 is 2.76 bits per heavy atom. The molecule has 0 bridgehead atoms. The number of aryl methyl sites for hydroxylation is 2. The first-order chi connectivity index (χ1) is 8.08. The Morgan fingerprint density at radius 1 is 1.47 bits per heavy atom. The van der Waals surface area contributed by atoms with Crippen LogP contribution >= 0.6 is 11.3 Å². The number of carbonyl (C=O) groups excluding carboxylic acids is 1. The molecule has 2 rings (SSSR count). The lowest BCUT2D eigenvalue weighted by Crippen LogP contribution is -2.27. The molecule has 1 unspecified atom stereocenters. The summed E-state index contributed by atoms with van der Waals surface area (Å²) in [5.41, 5.74) is 0.938. The number of hydrogen-bond donors (Lipinski definition) is 2. The number of H-pyrrole nitrogens is 1. The monoisotopic (exact) mass is 252 g/mol. The van der Waals surface area contributed by atoms with Gasteiger partial charge in [-0.05, 0) is 26.0 Å². The number of rotatable bonds is 3. The van der Waals surface area contributed by atoms with Crippen LogP contribution in [0.4, 0.5) is 0 Å². The molecule has 2 aromatic rings. The van der Waals surface area contributed by atoms with Gasteiger partial charge in [-0.2, -0.15) is 5.21 Å². The highest BCUT2D eigenvalue weighted by atomic mass is 32.1. The molecule has 0 aliphatic heterocycles. The molecular weight excluding hydrogens is 240 g/mol. The van der Waals surface area contributed by atoms with Crippen LogP contribution in [0.3, 0.4) is 0 Å². The normalized spacial score (nSPS) is 12.4. The highest BCUT2D eigenvalue weighted by Crippen LogP contribution is 2.24. The van der Waals surface area contributed by atoms with Gasteiger partial charge in [0.15, 0.2) is 0 Å². The van der Waals surface area contributed by atoms with Crippen LogP contribution in [-0.4, -0.2) is 31.5 Å². The van der Waals surface area contributed by atoms with Crippen LogP contribution in [0.5, 0.6) is 0 Å². The van der Waals surface area contributed by atoms with Crippen LogP contribution in [0.1, 0.15) is 39.2 Å². The molecule has 1 atom stereocenters. The maximum Gasteiger partial charge on any atom is 0.293 e. The van der Waals surface area contributed by atoms with Crippen molar-refractivity contribution in [2.24, 2.45) is 0 Å². The van der Waals surface area contributed by atoms with E-state index < -0.39 is 0 Å². The second-order valence-electron chi connectivity index (χ2n) is 3.61. The van der Waals surface area contributed by atoms with E-state index in [1.54, 1.807) is 11.3 Å². The van der Waals surface area contributed by atoms with Gasteiger partial charge in [-0.25, -0.2) is 4.98 Å². The first-order valence-corrected chi connectivity index (χ1v) is 5.88. The average molecular weight is 252 g/mol. The number of hydrogen-bond acceptors (Lipinski definition) is 6. The van der Waals surface area contributed by atoms with Crippen LogP contribution in [0.15, 0.2) is 0 Å². The SMILES string of the molecule is Cc1nc(C)c(C(C)NC(=O)c2nn[nH]n2)s1. The average Bonchev–Trinajstić information content (AvgIpc) is 2.87. The molecule has 8 heteroatoms. The maximum atomic E-state index is 11.7. The van der Waals surface area contributed by atoms with Crippen molar-refractivity contribution in [1.82, 2.24) is 30.9 Å². The summed E-state index contributed by atoms with van der Waals surface area (Å²) in [6, 6.07) is -0.118. The van der Waals surface area contributed by atoms with Gasteiger partial charge >= 0.3 is 0 Å². The zero-order valence-electron chi connectivity index (χ0n) is 9.68. The van der Waals surface area contributed by atoms with Crippen LogP contribution in [0, 0.1) is 13.8 Å². The highest BCUT2D eigenvalue weighted by molar-refractivity contribution is 7.11. The van der Waals surface area contributed by atoms with Crippen LogP contribution in [0.2, 0.25) is 0 Å². The van der Waals surface area contributed by atoms with Gasteiger partial charge in [0.1, 0.15) is 0 Å². The lowest BCUT2D eigenvalue weighted by Gasteiger charge is -2.10. The minimum atomic E-state index is -0.350. The summed E-state index contributed by atoms with van der Waals surface area (Å²) in [7, 11) is 0. The third-order valence-corrected chi connectivity index (χ3v) is 3.48. The molecule has 2 N–H and O–H groups in total. The maximum absolute atomic E-state index is 11.7. The van der Waals surface area contributed by atoms with Crippen molar-refractivity contribution in [1.29, 1.82) is 0 Å². The minimum absolute atomic E-state index is 0.0377. The van der Waals surface area contributed by atoms with Gasteiger partial charge in [0, 0.05) is 4.88 Å². The smallest absolute Gasteiger partial charge is 0.293 e. The lowest BCUT2D eigenvalue weighted by molar-refractivity contribution is 0.0930. The highest BCUT2D eigenvalue weighted by Gasteiger charge is 2.18. The van der Waals surface area contributed by atoms with E-state index >= 15 is 0 Å². The van der Waals surface area contributed by atoms with Crippen molar-refractivity contribution in [3.8, 4) is 0 Å². The first kappa shape index (κ1) is 11.6. The van der Waals surface area contributed by atoms with Crippen LogP contribution < -0.4 is 5.32 Å². The number of aromatic nitrogens is 5. The third kappa shape index (κ3) is 2.47. The molecule has 0 saturated heterocycles. The van der Waals surface area contributed by atoms with Gasteiger partial charge in [-0.3, -0.25) is 4.79 Å². The zero-order valence-corrected chi connectivity index (χ0v) is 10.5.